The molecule has 0 spiro atoms. The smallest absolute Gasteiger partial charge is 0.188 e. The molecule has 0 bridgehead atoms. The van der Waals surface area contributed by atoms with E-state index >= 15 is 0 Å². The van der Waals surface area contributed by atoms with Crippen LogP contribution in [0, 0.1) is 18.3 Å². The molecule has 0 saturated carbocycles. The summed E-state index contributed by atoms with van der Waals surface area (Å²) in [4.78, 5) is 0. The average molecular weight is 266 g/mol. The molecule has 2 aromatic carbocycles. The summed E-state index contributed by atoms with van der Waals surface area (Å²) in [6.07, 6.45) is 0. The molecule has 3 rings (SSSR count). The second-order valence-corrected chi connectivity index (χ2v) is 4.98. The lowest BCUT2D eigenvalue weighted by Gasteiger charge is -2.23. The van der Waals surface area contributed by atoms with Gasteiger partial charge in [-0.25, -0.2) is 0 Å². The number of benzene rings is 2. The summed E-state index contributed by atoms with van der Waals surface area (Å²) in [7, 11) is 0. The third-order valence-electron chi connectivity index (χ3n) is 3.44. The van der Waals surface area contributed by atoms with Crippen molar-refractivity contribution in [1.82, 2.24) is 0 Å². The van der Waals surface area contributed by atoms with Crippen LogP contribution >= 0.6 is 0 Å². The van der Waals surface area contributed by atoms with E-state index in [1.165, 1.54) is 6.07 Å². The molecule has 1 unspecified atom stereocenters. The van der Waals surface area contributed by atoms with Crippen LogP contribution in [0.2, 0.25) is 0 Å². The lowest BCUT2D eigenvalue weighted by atomic mass is 9.93. The molecular weight excluding hydrogens is 252 g/mol. The van der Waals surface area contributed by atoms with Crippen molar-refractivity contribution in [2.45, 2.75) is 12.5 Å². The van der Waals surface area contributed by atoms with E-state index < -0.39 is 5.54 Å². The van der Waals surface area contributed by atoms with Crippen molar-refractivity contribution in [3.8, 4) is 17.6 Å². The van der Waals surface area contributed by atoms with Gasteiger partial charge in [-0.2, -0.15) is 5.26 Å². The highest BCUT2D eigenvalue weighted by molar-refractivity contribution is 5.58. The number of aryl methyl sites for hydroxylation is 1. The molecule has 1 heterocycles. The van der Waals surface area contributed by atoms with E-state index in [-0.39, 0.29) is 12.4 Å². The fraction of sp³-hybridized carbons (Fsp3) is 0.188. The fourth-order valence-corrected chi connectivity index (χ4v) is 2.44. The number of phenolic OH excluding ortho intramolecular Hbond substituents is 1. The Morgan fingerprint density at radius 1 is 1.30 bits per heavy atom. The van der Waals surface area contributed by atoms with Crippen LogP contribution in [0.25, 0.3) is 0 Å². The Balaban J connectivity index is 2.01. The van der Waals surface area contributed by atoms with E-state index in [4.69, 9.17) is 4.74 Å². The van der Waals surface area contributed by atoms with Gasteiger partial charge in [-0.05, 0) is 36.8 Å². The molecule has 100 valence electrons. The number of fused-ring (bicyclic) bond motifs is 1. The minimum Gasteiger partial charge on any atom is -0.508 e. The molecule has 0 aromatic heterocycles. The third-order valence-corrected chi connectivity index (χ3v) is 3.44. The van der Waals surface area contributed by atoms with Gasteiger partial charge in [0.15, 0.2) is 5.54 Å². The Labute approximate surface area is 117 Å². The molecule has 2 N–H and O–H groups in total. The van der Waals surface area contributed by atoms with Gasteiger partial charge in [0.05, 0.1) is 6.07 Å². The fourth-order valence-electron chi connectivity index (χ4n) is 2.44. The number of aromatic hydroxyl groups is 1. The molecule has 20 heavy (non-hydrogen) atoms. The van der Waals surface area contributed by atoms with E-state index in [0.29, 0.717) is 5.75 Å². The summed E-state index contributed by atoms with van der Waals surface area (Å²) >= 11 is 0. The zero-order valence-electron chi connectivity index (χ0n) is 11.1. The summed E-state index contributed by atoms with van der Waals surface area (Å²) in [6.45, 7) is 2.22. The highest BCUT2D eigenvalue weighted by Gasteiger charge is 2.41. The Hall–Kier alpha value is -2.67. The van der Waals surface area contributed by atoms with Gasteiger partial charge in [0, 0.05) is 17.3 Å². The summed E-state index contributed by atoms with van der Waals surface area (Å²) in [5, 5.41) is 22.3. The summed E-state index contributed by atoms with van der Waals surface area (Å²) in [6, 6.07) is 15.0. The van der Waals surface area contributed by atoms with E-state index in [9.17, 15) is 10.4 Å². The van der Waals surface area contributed by atoms with Crippen molar-refractivity contribution in [2.24, 2.45) is 0 Å². The minimum atomic E-state index is -0.920. The van der Waals surface area contributed by atoms with Gasteiger partial charge >= 0.3 is 0 Å². The number of nitrogens with one attached hydrogen (secondary N) is 1. The van der Waals surface area contributed by atoms with Gasteiger partial charge in [-0.3, -0.25) is 0 Å². The first-order valence-electron chi connectivity index (χ1n) is 6.35. The van der Waals surface area contributed by atoms with E-state index in [1.54, 1.807) is 12.1 Å². The van der Waals surface area contributed by atoms with Gasteiger partial charge in [-0.15, -0.1) is 0 Å². The van der Waals surface area contributed by atoms with E-state index in [1.807, 2.05) is 31.2 Å². The molecule has 0 radical (unpaired) electrons. The third kappa shape index (κ3) is 1.94. The minimum absolute atomic E-state index is 0.132. The molecule has 0 amide bonds. The monoisotopic (exact) mass is 266 g/mol. The topological polar surface area (TPSA) is 65.3 Å². The summed E-state index contributed by atoms with van der Waals surface area (Å²) in [5.74, 6) is 0.680. The van der Waals surface area contributed by atoms with Crippen LogP contribution in [-0.4, -0.2) is 11.7 Å². The number of nitriles is 1. The van der Waals surface area contributed by atoms with Crippen molar-refractivity contribution in [3.63, 3.8) is 0 Å². The first-order valence-corrected chi connectivity index (χ1v) is 6.35. The molecule has 1 aliphatic rings. The SMILES string of the molecule is Cc1cccc(NC2(C#N)COc3cc(O)ccc32)c1. The Kier molecular flexibility index (Phi) is 2.76. The van der Waals surface area contributed by atoms with E-state index in [2.05, 4.69) is 11.4 Å². The standard InChI is InChI=1S/C16H14N2O2/c1-11-3-2-4-12(7-11)18-16(9-17)10-20-15-8-13(19)5-6-14(15)16/h2-8,18-19H,10H2,1H3. The predicted octanol–water partition coefficient (Wildman–Crippen LogP) is 2.92. The largest absolute Gasteiger partial charge is 0.508 e. The van der Waals surface area contributed by atoms with Crippen molar-refractivity contribution in [2.75, 3.05) is 11.9 Å². The zero-order chi connectivity index (χ0) is 14.2. The van der Waals surface area contributed by atoms with Gasteiger partial charge in [0.25, 0.3) is 0 Å². The normalized spacial score (nSPS) is 19.8. The van der Waals surface area contributed by atoms with Gasteiger partial charge in [0.1, 0.15) is 18.1 Å². The number of phenols is 1. The maximum Gasteiger partial charge on any atom is 0.188 e. The second kappa shape index (κ2) is 4.46. The van der Waals surface area contributed by atoms with Crippen LogP contribution in [0.5, 0.6) is 11.5 Å². The van der Waals surface area contributed by atoms with Crippen molar-refractivity contribution in [3.05, 3.63) is 53.6 Å². The van der Waals surface area contributed by atoms with E-state index in [0.717, 1.165) is 16.8 Å². The number of hydrogen-bond acceptors (Lipinski definition) is 4. The van der Waals surface area contributed by atoms with Crippen LogP contribution in [0.3, 0.4) is 0 Å². The first-order chi connectivity index (χ1) is 9.63. The maximum absolute atomic E-state index is 9.61. The first kappa shape index (κ1) is 12.4. The predicted molar refractivity (Wildman–Crippen MR) is 75.7 cm³/mol. The van der Waals surface area contributed by atoms with Crippen LogP contribution in [-0.2, 0) is 5.54 Å². The highest BCUT2D eigenvalue weighted by Crippen LogP contribution is 2.40. The average Bonchev–Trinajstić information content (AvgIpc) is 2.77. The van der Waals surface area contributed by atoms with Crippen LogP contribution < -0.4 is 10.1 Å². The Morgan fingerprint density at radius 2 is 2.15 bits per heavy atom. The summed E-state index contributed by atoms with van der Waals surface area (Å²) < 4.78 is 5.54. The molecule has 0 aliphatic carbocycles. The summed E-state index contributed by atoms with van der Waals surface area (Å²) in [5.41, 5.74) is 1.82. The molecule has 4 nitrogen and oxygen atoms in total. The van der Waals surface area contributed by atoms with Crippen molar-refractivity contribution < 1.29 is 9.84 Å². The second-order valence-electron chi connectivity index (χ2n) is 4.98. The van der Waals surface area contributed by atoms with Gasteiger partial charge in [-0.1, -0.05) is 12.1 Å². The Bertz CT molecular complexity index is 706. The van der Waals surface area contributed by atoms with Crippen LogP contribution in [0.1, 0.15) is 11.1 Å². The Morgan fingerprint density at radius 3 is 2.90 bits per heavy atom. The highest BCUT2D eigenvalue weighted by atomic mass is 16.5. The number of rotatable bonds is 2. The molecule has 0 fully saturated rings. The number of nitrogens with zero attached hydrogens (tertiary/aromatic N) is 1. The van der Waals surface area contributed by atoms with Crippen molar-refractivity contribution in [1.29, 1.82) is 5.26 Å². The number of ether oxygens (including phenoxy) is 1. The molecule has 2 aromatic rings. The number of anilines is 1. The van der Waals surface area contributed by atoms with Gasteiger partial charge < -0.3 is 15.2 Å². The zero-order valence-corrected chi connectivity index (χ0v) is 11.1. The van der Waals surface area contributed by atoms with Crippen LogP contribution in [0.15, 0.2) is 42.5 Å². The number of hydrogen-bond donors (Lipinski definition) is 2. The molecule has 0 saturated heterocycles. The molecule has 1 aliphatic heterocycles. The lowest BCUT2D eigenvalue weighted by Crippen LogP contribution is -2.35. The molecular formula is C16H14N2O2. The van der Waals surface area contributed by atoms with Gasteiger partial charge in [0.2, 0.25) is 0 Å². The lowest BCUT2D eigenvalue weighted by molar-refractivity contribution is 0.313. The maximum atomic E-state index is 9.61. The van der Waals surface area contributed by atoms with Crippen molar-refractivity contribution >= 4 is 5.69 Å². The van der Waals surface area contributed by atoms with Crippen LogP contribution in [0.4, 0.5) is 5.69 Å². The molecule has 4 heteroatoms. The molecule has 1 atom stereocenters. The quantitative estimate of drug-likeness (QED) is 0.877.